The normalized spacial score (nSPS) is 15.1. The molecule has 11 rings (SSSR count). The highest BCUT2D eigenvalue weighted by Crippen LogP contribution is 2.43. The van der Waals surface area contributed by atoms with Crippen LogP contribution >= 0.6 is 0 Å². The molecule has 0 atom stereocenters. The minimum atomic E-state index is -0.615. The van der Waals surface area contributed by atoms with Crippen molar-refractivity contribution >= 4 is 65.0 Å². The zero-order chi connectivity index (χ0) is 46.9. The summed E-state index contributed by atoms with van der Waals surface area (Å²) in [5.41, 5.74) is 5.91. The molecule has 0 aliphatic heterocycles. The lowest BCUT2D eigenvalue weighted by molar-refractivity contribution is 0.670. The Morgan fingerprint density at radius 1 is 0.407 bits per heavy atom. The zero-order valence-electron chi connectivity index (χ0n) is 41.6. The van der Waals surface area contributed by atoms with E-state index >= 15 is 0 Å². The first kappa shape index (κ1) is 20.3. The molecular formula is C53H34O. The van der Waals surface area contributed by atoms with Gasteiger partial charge in [-0.25, -0.2) is 0 Å². The molecule has 252 valence electrons. The minimum absolute atomic E-state index is 0.0103. The van der Waals surface area contributed by atoms with E-state index in [0.29, 0.717) is 5.56 Å². The first-order chi connectivity index (χ1) is 32.2. The van der Waals surface area contributed by atoms with Crippen LogP contribution in [0.3, 0.4) is 0 Å². The van der Waals surface area contributed by atoms with E-state index in [1.165, 1.54) is 0 Å². The first-order valence-corrected chi connectivity index (χ1v) is 17.6. The smallest absolute Gasteiger partial charge is 0.143 e. The van der Waals surface area contributed by atoms with Crippen molar-refractivity contribution in [2.24, 2.45) is 0 Å². The molecule has 0 radical (unpaired) electrons. The van der Waals surface area contributed by atoms with Gasteiger partial charge in [0.25, 0.3) is 0 Å². The number of hydrogen-bond acceptors (Lipinski definition) is 1. The molecule has 0 unspecified atom stereocenters. The Balaban J connectivity index is 1.10. The van der Waals surface area contributed by atoms with Crippen molar-refractivity contribution in [1.29, 1.82) is 0 Å². The second-order valence-electron chi connectivity index (χ2n) is 13.4. The van der Waals surface area contributed by atoms with Gasteiger partial charge in [-0.05, 0) is 113 Å². The van der Waals surface area contributed by atoms with E-state index in [2.05, 4.69) is 48.5 Å². The van der Waals surface area contributed by atoms with Crippen LogP contribution in [-0.2, 0) is 6.42 Å². The average Bonchev–Trinajstić information content (AvgIpc) is 3.73. The minimum Gasteiger partial charge on any atom is -0.455 e. The SMILES string of the molecule is [2H]c1c([2H])c([2H])c(Cc2c3c([2H])c([2H])c([2H])c([2H])c3c(-c3ccc4cc(-c5ccc6oc7c(-c8cccc9ccccc89)cccc7c6c5)ccc4c3)c3c([2H])c([2H])c([2H])c([2H])c23)c([2H])c1[2H]. The van der Waals surface area contributed by atoms with E-state index in [1.807, 2.05) is 60.7 Å². The van der Waals surface area contributed by atoms with Crippen molar-refractivity contribution in [2.75, 3.05) is 0 Å². The van der Waals surface area contributed by atoms with Crippen LogP contribution in [0, 0.1) is 0 Å². The lowest BCUT2D eigenvalue weighted by Gasteiger charge is -2.18. The highest BCUT2D eigenvalue weighted by molar-refractivity contribution is 6.16. The Labute approximate surface area is 331 Å². The van der Waals surface area contributed by atoms with Crippen LogP contribution in [0.2, 0.25) is 0 Å². The maximum atomic E-state index is 9.29. The average molecular weight is 700 g/mol. The van der Waals surface area contributed by atoms with E-state index in [-0.39, 0.29) is 38.2 Å². The Morgan fingerprint density at radius 3 is 1.80 bits per heavy atom. The lowest BCUT2D eigenvalue weighted by Crippen LogP contribution is -1.95. The van der Waals surface area contributed by atoms with Gasteiger partial charge in [-0.2, -0.15) is 0 Å². The molecule has 1 aromatic heterocycles. The van der Waals surface area contributed by atoms with Crippen molar-refractivity contribution in [1.82, 2.24) is 0 Å². The zero-order valence-corrected chi connectivity index (χ0v) is 28.6. The molecule has 11 aromatic rings. The van der Waals surface area contributed by atoms with Gasteiger partial charge in [-0.3, -0.25) is 0 Å². The monoisotopic (exact) mass is 699 g/mol. The van der Waals surface area contributed by atoms with Crippen molar-refractivity contribution < 1.29 is 22.2 Å². The van der Waals surface area contributed by atoms with Crippen LogP contribution in [0.5, 0.6) is 0 Å². The maximum Gasteiger partial charge on any atom is 0.143 e. The van der Waals surface area contributed by atoms with Crippen molar-refractivity contribution in [3.05, 3.63) is 205 Å². The molecule has 0 fully saturated rings. The van der Waals surface area contributed by atoms with Gasteiger partial charge in [0.15, 0.2) is 0 Å². The quantitative estimate of drug-likeness (QED) is 0.163. The molecule has 1 heterocycles. The molecule has 0 aliphatic carbocycles. The molecule has 0 saturated carbocycles. The third kappa shape index (κ3) is 4.94. The predicted molar refractivity (Wildman–Crippen MR) is 229 cm³/mol. The first-order valence-electron chi connectivity index (χ1n) is 24.1. The number of rotatable bonds is 5. The van der Waals surface area contributed by atoms with Gasteiger partial charge < -0.3 is 4.42 Å². The Morgan fingerprint density at radius 2 is 1.00 bits per heavy atom. The Hall–Kier alpha value is -6.96. The van der Waals surface area contributed by atoms with Crippen LogP contribution in [0.1, 0.15) is 28.9 Å². The summed E-state index contributed by atoms with van der Waals surface area (Å²) in [6.07, 6.45) is -0.487. The lowest BCUT2D eigenvalue weighted by atomic mass is 9.86. The molecule has 0 aliphatic rings. The number of furan rings is 1. The molecule has 0 amide bonds. The molecule has 1 heteroatoms. The Kier molecular flexibility index (Phi) is 4.64. The summed E-state index contributed by atoms with van der Waals surface area (Å²) in [7, 11) is 0. The van der Waals surface area contributed by atoms with Crippen molar-refractivity contribution in [2.45, 2.75) is 6.42 Å². The summed E-state index contributed by atoms with van der Waals surface area (Å²) in [5, 5.41) is 5.63. The summed E-state index contributed by atoms with van der Waals surface area (Å²) in [6.45, 7) is 0. The van der Waals surface area contributed by atoms with Crippen LogP contribution in [0.25, 0.3) is 98.4 Å². The number of hydrogen-bond donors (Lipinski definition) is 0. The summed E-state index contributed by atoms with van der Waals surface area (Å²) in [6, 6.07) is 31.2. The third-order valence-corrected chi connectivity index (χ3v) is 10.4. The topological polar surface area (TPSA) is 13.1 Å². The molecule has 0 spiro atoms. The summed E-state index contributed by atoms with van der Waals surface area (Å²) in [4.78, 5) is 0. The van der Waals surface area contributed by atoms with Crippen LogP contribution in [0.4, 0.5) is 0 Å². The Bertz CT molecular complexity index is 3890. The van der Waals surface area contributed by atoms with Gasteiger partial charge in [-0.1, -0.05) is 170 Å². The van der Waals surface area contributed by atoms with Gasteiger partial charge in [0.1, 0.15) is 11.2 Å². The van der Waals surface area contributed by atoms with Crippen LogP contribution in [0.15, 0.2) is 198 Å². The van der Waals surface area contributed by atoms with Gasteiger partial charge in [-0.15, -0.1) is 0 Å². The standard InChI is InChI=1S/C53H34O/c1-2-12-34(13-3-1)30-49-43-17-6-8-19-45(43)52(46-20-9-7-18-44(46)49)40-27-26-36-31-37(24-25-38(36)32-40)39-28-29-51-50(33-39)48-23-11-22-47(53(48)54-51)42-21-10-15-35-14-4-5-16-41(35)42/h1-29,31-33H,30H2/i1D,2D,3D,6D,7D,8D,9D,12D,13D,17D,18D,19D,20D. The second kappa shape index (κ2) is 12.3. The van der Waals surface area contributed by atoms with E-state index < -0.39 is 85.0 Å². The van der Waals surface area contributed by atoms with Crippen molar-refractivity contribution in [3.63, 3.8) is 0 Å². The number of fused-ring (bicyclic) bond motifs is 7. The molecular weight excluding hydrogens is 653 g/mol. The predicted octanol–water partition coefficient (Wildman–Crippen LogP) is 14.8. The fourth-order valence-corrected chi connectivity index (χ4v) is 7.94. The molecule has 54 heavy (non-hydrogen) atoms. The molecule has 0 saturated heterocycles. The second-order valence-corrected chi connectivity index (χ2v) is 13.4. The highest BCUT2D eigenvalue weighted by Gasteiger charge is 2.17. The molecule has 0 N–H and O–H groups in total. The summed E-state index contributed by atoms with van der Waals surface area (Å²) >= 11 is 0. The molecule has 1 nitrogen and oxygen atoms in total. The van der Waals surface area contributed by atoms with Gasteiger partial charge in [0.05, 0.1) is 17.8 Å². The molecule has 10 aromatic carbocycles. The van der Waals surface area contributed by atoms with E-state index in [9.17, 15) is 5.48 Å². The van der Waals surface area contributed by atoms with Crippen molar-refractivity contribution in [3.8, 4) is 33.4 Å². The summed E-state index contributed by atoms with van der Waals surface area (Å²) in [5.74, 6) is 0. The fourth-order valence-electron chi connectivity index (χ4n) is 7.94. The van der Waals surface area contributed by atoms with E-state index in [1.54, 1.807) is 6.07 Å². The number of benzene rings is 10. The van der Waals surface area contributed by atoms with E-state index in [4.69, 9.17) is 16.8 Å². The highest BCUT2D eigenvalue weighted by atomic mass is 16.3. The summed E-state index contributed by atoms with van der Waals surface area (Å²) < 4.78 is 121. The number of para-hydroxylation sites is 1. The van der Waals surface area contributed by atoms with Gasteiger partial charge in [0.2, 0.25) is 0 Å². The largest absolute Gasteiger partial charge is 0.455 e. The fraction of sp³-hybridized carbons (Fsp3) is 0.0189. The van der Waals surface area contributed by atoms with Crippen LogP contribution < -0.4 is 0 Å². The molecule has 0 bridgehead atoms. The van der Waals surface area contributed by atoms with Gasteiger partial charge >= 0.3 is 0 Å². The maximum absolute atomic E-state index is 9.29. The van der Waals surface area contributed by atoms with Crippen LogP contribution in [-0.4, -0.2) is 0 Å². The van der Waals surface area contributed by atoms with E-state index in [0.717, 1.165) is 65.7 Å². The third-order valence-electron chi connectivity index (χ3n) is 10.4. The van der Waals surface area contributed by atoms with Gasteiger partial charge in [0, 0.05) is 16.3 Å².